The quantitative estimate of drug-likeness (QED) is 0.588. The number of carbonyl (C=O) groups excluding carboxylic acids is 4. The Labute approximate surface area is 190 Å². The summed E-state index contributed by atoms with van der Waals surface area (Å²) >= 11 is 0. The maximum atomic E-state index is 13.4. The third-order valence-electron chi connectivity index (χ3n) is 5.73. The van der Waals surface area contributed by atoms with E-state index in [2.05, 4.69) is 10.6 Å². The van der Waals surface area contributed by atoms with Crippen LogP contribution in [0.25, 0.3) is 21.8 Å². The summed E-state index contributed by atoms with van der Waals surface area (Å²) in [5.74, 6) is -0.523. The highest BCUT2D eigenvalue weighted by Gasteiger charge is 2.39. The molecule has 10 nitrogen and oxygen atoms in total. The van der Waals surface area contributed by atoms with Crippen molar-refractivity contribution in [1.82, 2.24) is 25.0 Å². The van der Waals surface area contributed by atoms with E-state index in [-0.39, 0.29) is 29.8 Å². The van der Waals surface area contributed by atoms with Gasteiger partial charge in [-0.15, -0.1) is 0 Å². The van der Waals surface area contributed by atoms with Crippen LogP contribution >= 0.6 is 0 Å². The molecule has 0 unspecified atom stereocenters. The summed E-state index contributed by atoms with van der Waals surface area (Å²) < 4.78 is 6.75. The van der Waals surface area contributed by atoms with E-state index in [0.717, 1.165) is 0 Å². The molecule has 4 amide bonds. The van der Waals surface area contributed by atoms with E-state index < -0.39 is 12.0 Å². The zero-order valence-corrected chi connectivity index (χ0v) is 19.1. The topological polar surface area (TPSA) is 113 Å². The Morgan fingerprint density at radius 3 is 2.42 bits per heavy atom. The molecule has 33 heavy (non-hydrogen) atoms. The number of imide groups is 1. The van der Waals surface area contributed by atoms with Crippen molar-refractivity contribution in [2.24, 2.45) is 0 Å². The molecule has 0 radical (unpaired) electrons. The molecule has 1 aromatic heterocycles. The number of carbonyl (C=O) groups is 4. The predicted octanol–water partition coefficient (Wildman–Crippen LogP) is 2.17. The van der Waals surface area contributed by atoms with E-state index in [1.807, 2.05) is 19.0 Å². The number of hydrogen-bond acceptors (Lipinski definition) is 6. The molecule has 0 saturated carbocycles. The molecular weight excluding hydrogens is 426 g/mol. The Bertz CT molecular complexity index is 1340. The fraction of sp³-hybridized carbons (Fsp3) is 0.304. The second-order valence-electron chi connectivity index (χ2n) is 8.11. The third-order valence-corrected chi connectivity index (χ3v) is 5.73. The fourth-order valence-electron chi connectivity index (χ4n) is 4.20. The van der Waals surface area contributed by atoms with Gasteiger partial charge in [0.15, 0.2) is 0 Å². The lowest BCUT2D eigenvalue weighted by Gasteiger charge is -2.16. The number of benzene rings is 2. The van der Waals surface area contributed by atoms with E-state index in [0.29, 0.717) is 39.5 Å². The summed E-state index contributed by atoms with van der Waals surface area (Å²) in [6.07, 6.45) is -0.646. The molecule has 1 aliphatic rings. The minimum atomic E-state index is -0.646. The summed E-state index contributed by atoms with van der Waals surface area (Å²) in [6, 6.07) is 6.10. The van der Waals surface area contributed by atoms with Gasteiger partial charge in [-0.3, -0.25) is 19.1 Å². The van der Waals surface area contributed by atoms with E-state index in [4.69, 9.17) is 4.74 Å². The summed E-state index contributed by atoms with van der Waals surface area (Å²) in [6.45, 7) is 2.57. The molecule has 0 bridgehead atoms. The van der Waals surface area contributed by atoms with E-state index in [9.17, 15) is 19.2 Å². The maximum absolute atomic E-state index is 13.4. The number of rotatable bonds is 4. The first-order valence-corrected chi connectivity index (χ1v) is 10.4. The van der Waals surface area contributed by atoms with Gasteiger partial charge in [-0.2, -0.15) is 0 Å². The number of likely N-dealkylation sites (N-methyl/N-ethyl adjacent to an activating group) is 1. The molecule has 2 heterocycles. The molecule has 0 fully saturated rings. The van der Waals surface area contributed by atoms with Crippen LogP contribution < -0.4 is 15.4 Å². The lowest BCUT2D eigenvalue weighted by molar-refractivity contribution is 0.0645. The van der Waals surface area contributed by atoms with Gasteiger partial charge in [0.1, 0.15) is 5.75 Å². The smallest absolute Gasteiger partial charge is 0.410 e. The van der Waals surface area contributed by atoms with E-state index in [1.165, 1.54) is 23.6 Å². The molecule has 4 rings (SSSR count). The zero-order chi connectivity index (χ0) is 24.0. The summed E-state index contributed by atoms with van der Waals surface area (Å²) in [7, 11) is 6.70. The van der Waals surface area contributed by atoms with Gasteiger partial charge in [0, 0.05) is 38.0 Å². The third kappa shape index (κ3) is 3.48. The molecule has 2 aromatic carbocycles. The van der Waals surface area contributed by atoms with Crippen molar-refractivity contribution >= 4 is 45.7 Å². The average Bonchev–Trinajstić information content (AvgIpc) is 3.24. The number of aromatic nitrogens is 1. The number of fused-ring (bicyclic) bond motifs is 5. The molecule has 3 aromatic rings. The van der Waals surface area contributed by atoms with Crippen molar-refractivity contribution in [3.63, 3.8) is 0 Å². The summed E-state index contributed by atoms with van der Waals surface area (Å²) in [4.78, 5) is 54.3. The second-order valence-corrected chi connectivity index (χ2v) is 8.11. The van der Waals surface area contributed by atoms with Crippen LogP contribution in [0.5, 0.6) is 5.75 Å². The SMILES string of the molecule is CNC(=O)Oc1ccc2c(c1)c1c3c(cc(C)c1n2C(=O)NC)C(=O)N(CCN(C)C)C3=O. The standard InChI is InChI=1S/C23H25N5O5/c1-12-10-15-18(21(30)27(20(15)29)9-8-26(4)5)17-14-11-13(33-23(32)25-3)6-7-16(14)28(19(12)17)22(31)24-2/h6-7,10-11H,8-9H2,1-5H3,(H,24,31)(H,25,32). The maximum Gasteiger partial charge on any atom is 0.412 e. The van der Waals surface area contributed by atoms with Gasteiger partial charge in [0.05, 0.1) is 22.2 Å². The van der Waals surface area contributed by atoms with Crippen LogP contribution in [0.2, 0.25) is 0 Å². The zero-order valence-electron chi connectivity index (χ0n) is 19.1. The first-order chi connectivity index (χ1) is 15.7. The largest absolute Gasteiger partial charge is 0.412 e. The number of ether oxygens (including phenoxy) is 1. The average molecular weight is 451 g/mol. The first kappa shape index (κ1) is 22.3. The molecule has 0 saturated heterocycles. The van der Waals surface area contributed by atoms with Crippen molar-refractivity contribution in [3.8, 4) is 5.75 Å². The van der Waals surface area contributed by atoms with Crippen LogP contribution in [-0.2, 0) is 0 Å². The van der Waals surface area contributed by atoms with Crippen LogP contribution in [0.3, 0.4) is 0 Å². The van der Waals surface area contributed by atoms with Crippen molar-refractivity contribution in [3.05, 3.63) is 41.0 Å². The number of amides is 4. The Balaban J connectivity index is 2.04. The fourth-order valence-corrected chi connectivity index (χ4v) is 4.20. The highest BCUT2D eigenvalue weighted by molar-refractivity contribution is 6.31. The molecule has 10 heteroatoms. The van der Waals surface area contributed by atoms with Gasteiger partial charge in [-0.1, -0.05) is 0 Å². The Kier molecular flexibility index (Phi) is 5.54. The molecule has 1 aliphatic heterocycles. The first-order valence-electron chi connectivity index (χ1n) is 10.4. The lowest BCUT2D eigenvalue weighted by atomic mass is 9.99. The van der Waals surface area contributed by atoms with Gasteiger partial charge in [-0.25, -0.2) is 9.59 Å². The number of hydrogen-bond donors (Lipinski definition) is 2. The van der Waals surface area contributed by atoms with Gasteiger partial charge in [-0.05, 0) is 50.8 Å². The monoisotopic (exact) mass is 451 g/mol. The molecular formula is C23H25N5O5. The summed E-state index contributed by atoms with van der Waals surface area (Å²) in [5, 5.41) is 6.02. The molecule has 0 spiro atoms. The van der Waals surface area contributed by atoms with Crippen molar-refractivity contribution < 1.29 is 23.9 Å². The molecule has 2 N–H and O–H groups in total. The lowest BCUT2D eigenvalue weighted by Crippen LogP contribution is -2.35. The van der Waals surface area contributed by atoms with E-state index in [1.54, 1.807) is 31.2 Å². The number of nitrogens with zero attached hydrogens (tertiary/aromatic N) is 3. The van der Waals surface area contributed by atoms with Crippen LogP contribution in [0.15, 0.2) is 24.3 Å². The minimum absolute atomic E-state index is 0.245. The van der Waals surface area contributed by atoms with Crippen molar-refractivity contribution in [2.75, 3.05) is 41.3 Å². The van der Waals surface area contributed by atoms with Gasteiger partial charge in [0.2, 0.25) is 0 Å². The number of aryl methyl sites for hydroxylation is 1. The summed E-state index contributed by atoms with van der Waals surface area (Å²) in [5.41, 5.74) is 2.28. The van der Waals surface area contributed by atoms with Crippen LogP contribution in [0.4, 0.5) is 9.59 Å². The molecule has 0 atom stereocenters. The normalized spacial score (nSPS) is 13.2. The van der Waals surface area contributed by atoms with Crippen LogP contribution in [0, 0.1) is 6.92 Å². The number of nitrogens with one attached hydrogen (secondary N) is 2. The van der Waals surface area contributed by atoms with Gasteiger partial charge >= 0.3 is 12.1 Å². The molecule has 172 valence electrons. The van der Waals surface area contributed by atoms with Crippen molar-refractivity contribution in [1.29, 1.82) is 0 Å². The highest BCUT2D eigenvalue weighted by atomic mass is 16.5. The highest BCUT2D eigenvalue weighted by Crippen LogP contribution is 2.40. The van der Waals surface area contributed by atoms with Crippen molar-refractivity contribution in [2.45, 2.75) is 6.92 Å². The van der Waals surface area contributed by atoms with Crippen LogP contribution in [-0.4, -0.2) is 79.6 Å². The Hall–Kier alpha value is -3.92. The van der Waals surface area contributed by atoms with E-state index >= 15 is 0 Å². The Morgan fingerprint density at radius 1 is 1.06 bits per heavy atom. The van der Waals surface area contributed by atoms with Gasteiger partial charge in [0.25, 0.3) is 11.8 Å². The van der Waals surface area contributed by atoms with Crippen LogP contribution in [0.1, 0.15) is 26.3 Å². The minimum Gasteiger partial charge on any atom is -0.410 e. The second kappa shape index (κ2) is 8.21. The predicted molar refractivity (Wildman–Crippen MR) is 123 cm³/mol. The molecule has 0 aliphatic carbocycles. The Morgan fingerprint density at radius 2 is 1.79 bits per heavy atom. The van der Waals surface area contributed by atoms with Gasteiger partial charge < -0.3 is 20.3 Å².